The molecule has 1 aliphatic heterocycles. The second kappa shape index (κ2) is 8.86. The van der Waals surface area contributed by atoms with Crippen LogP contribution < -0.4 is 4.90 Å². The summed E-state index contributed by atoms with van der Waals surface area (Å²) in [7, 11) is 0. The van der Waals surface area contributed by atoms with Gasteiger partial charge in [0.05, 0.1) is 38.5 Å². The minimum absolute atomic E-state index is 0.0110. The van der Waals surface area contributed by atoms with E-state index in [2.05, 4.69) is 27.1 Å². The molecule has 0 bridgehead atoms. The molecule has 1 saturated heterocycles. The van der Waals surface area contributed by atoms with Gasteiger partial charge in [-0.1, -0.05) is 32.6 Å². The molecule has 2 aliphatic rings. The number of piperazine rings is 1. The summed E-state index contributed by atoms with van der Waals surface area (Å²) in [6.45, 7) is 5.52. The maximum atomic E-state index is 12.5. The maximum Gasteiger partial charge on any atom is 0.289 e. The van der Waals surface area contributed by atoms with Crippen LogP contribution in [0, 0.1) is 0 Å². The smallest absolute Gasteiger partial charge is 0.289 e. The summed E-state index contributed by atoms with van der Waals surface area (Å²) >= 11 is 0. The van der Waals surface area contributed by atoms with Crippen molar-refractivity contribution in [3.8, 4) is 0 Å². The summed E-state index contributed by atoms with van der Waals surface area (Å²) in [5, 5.41) is 12.9. The van der Waals surface area contributed by atoms with Gasteiger partial charge in [-0.2, -0.15) is 0 Å². The topological polar surface area (TPSA) is 81.5 Å². The normalized spacial score (nSPS) is 20.4. The van der Waals surface area contributed by atoms with E-state index in [0.717, 1.165) is 44.8 Å². The predicted molar refractivity (Wildman–Crippen MR) is 103 cm³/mol. The van der Waals surface area contributed by atoms with Crippen molar-refractivity contribution in [3.63, 3.8) is 0 Å². The molecule has 1 atom stereocenters. The molecule has 1 amide bonds. The molecular formula is C20H31N6O2+. The van der Waals surface area contributed by atoms with Crippen LogP contribution in [-0.4, -0.2) is 57.2 Å². The van der Waals surface area contributed by atoms with Crippen LogP contribution in [0.2, 0.25) is 0 Å². The number of carbonyl (C=O) groups is 1. The first-order chi connectivity index (χ1) is 13.8. The number of nitrogens with zero attached hydrogens (tertiary/aromatic N) is 5. The highest BCUT2D eigenvalue weighted by atomic mass is 16.3. The monoisotopic (exact) mass is 387 g/mol. The Bertz CT molecular complexity index is 745. The number of hydrogen-bond donors (Lipinski definition) is 1. The maximum absolute atomic E-state index is 12.5. The standard InChI is InChI=1S/C20H30N6O2/c1-2-7-17(19-21-22-23-26(19)16-8-4-3-5-9-16)24-11-13-25(14-12-24)20(27)18-10-6-15-28-18/h6,10,15-17H,2-5,7-9,11-14H2,1H3/p+1/t17-/m1/s1. The summed E-state index contributed by atoms with van der Waals surface area (Å²) < 4.78 is 7.39. The molecular weight excluding hydrogens is 356 g/mol. The van der Waals surface area contributed by atoms with E-state index < -0.39 is 0 Å². The van der Waals surface area contributed by atoms with Gasteiger partial charge in [0.15, 0.2) is 5.76 Å². The number of carbonyl (C=O) groups excluding carboxylic acids is 1. The zero-order chi connectivity index (χ0) is 19.3. The fourth-order valence-corrected chi connectivity index (χ4v) is 4.72. The van der Waals surface area contributed by atoms with Crippen LogP contribution in [0.3, 0.4) is 0 Å². The van der Waals surface area contributed by atoms with E-state index in [1.54, 1.807) is 18.4 Å². The average Bonchev–Trinajstić information content (AvgIpc) is 3.44. The zero-order valence-electron chi connectivity index (χ0n) is 16.7. The lowest BCUT2D eigenvalue weighted by Crippen LogP contribution is -3.15. The molecule has 2 aromatic heterocycles. The van der Waals surface area contributed by atoms with Crippen molar-refractivity contribution >= 4 is 5.91 Å². The molecule has 1 N–H and O–H groups in total. The minimum Gasteiger partial charge on any atom is -0.459 e. The van der Waals surface area contributed by atoms with Crippen LogP contribution in [0.4, 0.5) is 0 Å². The third kappa shape index (κ3) is 3.97. The van der Waals surface area contributed by atoms with E-state index in [1.807, 2.05) is 4.90 Å². The van der Waals surface area contributed by atoms with E-state index in [4.69, 9.17) is 4.42 Å². The van der Waals surface area contributed by atoms with Gasteiger partial charge in [0, 0.05) is 6.42 Å². The Labute approximate surface area is 165 Å². The van der Waals surface area contributed by atoms with Crippen LogP contribution in [0.25, 0.3) is 0 Å². The van der Waals surface area contributed by atoms with Crippen LogP contribution >= 0.6 is 0 Å². The summed E-state index contributed by atoms with van der Waals surface area (Å²) in [6.07, 6.45) is 9.93. The van der Waals surface area contributed by atoms with E-state index in [0.29, 0.717) is 17.8 Å². The van der Waals surface area contributed by atoms with Gasteiger partial charge in [0.25, 0.3) is 5.91 Å². The van der Waals surface area contributed by atoms with Gasteiger partial charge in [-0.3, -0.25) is 4.79 Å². The van der Waals surface area contributed by atoms with Gasteiger partial charge < -0.3 is 14.2 Å². The lowest BCUT2D eigenvalue weighted by atomic mass is 9.95. The molecule has 0 unspecified atom stereocenters. The number of quaternary nitrogens is 1. The molecule has 8 heteroatoms. The first kappa shape index (κ1) is 19.1. The fourth-order valence-electron chi connectivity index (χ4n) is 4.72. The molecule has 28 heavy (non-hydrogen) atoms. The van der Waals surface area contributed by atoms with Crippen molar-refractivity contribution in [3.05, 3.63) is 30.0 Å². The van der Waals surface area contributed by atoms with Crippen molar-refractivity contribution in [2.45, 2.75) is 64.0 Å². The van der Waals surface area contributed by atoms with Gasteiger partial charge in [-0.05, 0) is 35.4 Å². The lowest BCUT2D eigenvalue weighted by molar-refractivity contribution is -0.936. The summed E-state index contributed by atoms with van der Waals surface area (Å²) in [4.78, 5) is 15.9. The fraction of sp³-hybridized carbons (Fsp3) is 0.700. The first-order valence-corrected chi connectivity index (χ1v) is 10.7. The SMILES string of the molecule is CCC[C@H](c1nnnn1C1CCCCC1)[NH+]1CCN(C(=O)c2ccco2)CC1. The van der Waals surface area contributed by atoms with Gasteiger partial charge in [0.2, 0.25) is 5.82 Å². The van der Waals surface area contributed by atoms with Crippen LogP contribution in [0.1, 0.15) is 80.3 Å². The molecule has 1 saturated carbocycles. The first-order valence-electron chi connectivity index (χ1n) is 10.7. The number of furan rings is 1. The highest BCUT2D eigenvalue weighted by Gasteiger charge is 2.35. The van der Waals surface area contributed by atoms with Crippen LogP contribution in [-0.2, 0) is 0 Å². The Morgan fingerprint density at radius 3 is 2.75 bits per heavy atom. The van der Waals surface area contributed by atoms with E-state index in [9.17, 15) is 4.79 Å². The van der Waals surface area contributed by atoms with Crippen molar-refractivity contribution in [2.24, 2.45) is 0 Å². The minimum atomic E-state index is -0.0110. The molecule has 0 spiro atoms. The molecule has 3 heterocycles. The van der Waals surface area contributed by atoms with E-state index in [1.165, 1.54) is 37.0 Å². The number of amides is 1. The Hall–Kier alpha value is -2.22. The van der Waals surface area contributed by atoms with Crippen LogP contribution in [0.5, 0.6) is 0 Å². The van der Waals surface area contributed by atoms with E-state index in [-0.39, 0.29) is 5.91 Å². The van der Waals surface area contributed by atoms with Crippen molar-refractivity contribution in [1.82, 2.24) is 25.1 Å². The Morgan fingerprint density at radius 1 is 1.29 bits per heavy atom. The molecule has 2 fully saturated rings. The average molecular weight is 388 g/mol. The van der Waals surface area contributed by atoms with Gasteiger partial charge in [0.1, 0.15) is 6.04 Å². The lowest BCUT2D eigenvalue weighted by Gasteiger charge is -2.36. The molecule has 1 aliphatic carbocycles. The van der Waals surface area contributed by atoms with Crippen LogP contribution in [0.15, 0.2) is 22.8 Å². The Kier molecular flexibility index (Phi) is 6.04. The molecule has 2 aromatic rings. The van der Waals surface area contributed by atoms with Gasteiger partial charge in [-0.25, -0.2) is 4.68 Å². The number of tetrazole rings is 1. The summed E-state index contributed by atoms with van der Waals surface area (Å²) in [6, 6.07) is 4.23. The number of nitrogens with one attached hydrogen (secondary N) is 1. The summed E-state index contributed by atoms with van der Waals surface area (Å²) in [5.74, 6) is 1.45. The summed E-state index contributed by atoms with van der Waals surface area (Å²) in [5.41, 5.74) is 0. The van der Waals surface area contributed by atoms with E-state index >= 15 is 0 Å². The highest BCUT2D eigenvalue weighted by molar-refractivity contribution is 5.91. The third-order valence-electron chi connectivity index (χ3n) is 6.25. The second-order valence-electron chi connectivity index (χ2n) is 8.04. The molecule has 4 rings (SSSR count). The molecule has 152 valence electrons. The molecule has 0 aromatic carbocycles. The van der Waals surface area contributed by atoms with Gasteiger partial charge in [-0.15, -0.1) is 5.10 Å². The molecule has 0 radical (unpaired) electrons. The second-order valence-corrected chi connectivity index (χ2v) is 8.04. The zero-order valence-corrected chi connectivity index (χ0v) is 16.7. The Balaban J connectivity index is 1.45. The molecule has 8 nitrogen and oxygen atoms in total. The third-order valence-corrected chi connectivity index (χ3v) is 6.25. The van der Waals surface area contributed by atoms with Crippen molar-refractivity contribution < 1.29 is 14.1 Å². The Morgan fingerprint density at radius 2 is 2.07 bits per heavy atom. The van der Waals surface area contributed by atoms with Crippen molar-refractivity contribution in [2.75, 3.05) is 26.2 Å². The number of aromatic nitrogens is 4. The predicted octanol–water partition coefficient (Wildman–Crippen LogP) is 1.65. The van der Waals surface area contributed by atoms with Crippen molar-refractivity contribution in [1.29, 1.82) is 0 Å². The number of rotatable bonds is 6. The largest absolute Gasteiger partial charge is 0.459 e. The number of hydrogen-bond acceptors (Lipinski definition) is 5. The quantitative estimate of drug-likeness (QED) is 0.815. The van der Waals surface area contributed by atoms with Gasteiger partial charge >= 0.3 is 0 Å². The highest BCUT2D eigenvalue weighted by Crippen LogP contribution is 2.29.